The van der Waals surface area contributed by atoms with E-state index in [4.69, 9.17) is 4.74 Å². The SMILES string of the molecule is CCC1OCCC1CNC(=O)c1nn[nH]n1. The molecule has 0 spiro atoms. The normalized spacial score (nSPS) is 24.6. The smallest absolute Gasteiger partial charge is 0.292 e. The molecule has 16 heavy (non-hydrogen) atoms. The second kappa shape index (κ2) is 5.02. The minimum absolute atomic E-state index is 0.0759. The Hall–Kier alpha value is -1.50. The zero-order valence-corrected chi connectivity index (χ0v) is 9.14. The first kappa shape index (κ1) is 11.0. The number of amides is 1. The van der Waals surface area contributed by atoms with E-state index in [1.807, 2.05) is 0 Å². The van der Waals surface area contributed by atoms with E-state index >= 15 is 0 Å². The van der Waals surface area contributed by atoms with Gasteiger partial charge in [-0.3, -0.25) is 4.79 Å². The van der Waals surface area contributed by atoms with Crippen molar-refractivity contribution in [3.63, 3.8) is 0 Å². The van der Waals surface area contributed by atoms with Crippen LogP contribution in [0.2, 0.25) is 0 Å². The number of rotatable bonds is 4. The molecule has 2 rings (SSSR count). The lowest BCUT2D eigenvalue weighted by atomic mass is 10.00. The highest BCUT2D eigenvalue weighted by molar-refractivity contribution is 5.89. The van der Waals surface area contributed by atoms with Gasteiger partial charge in [0.25, 0.3) is 11.7 Å². The molecule has 7 nitrogen and oxygen atoms in total. The largest absolute Gasteiger partial charge is 0.378 e. The molecule has 1 amide bonds. The summed E-state index contributed by atoms with van der Waals surface area (Å²) in [5.74, 6) is 0.170. The van der Waals surface area contributed by atoms with Crippen molar-refractivity contribution in [3.8, 4) is 0 Å². The Bertz CT molecular complexity index is 340. The van der Waals surface area contributed by atoms with Crippen molar-refractivity contribution in [3.05, 3.63) is 5.82 Å². The van der Waals surface area contributed by atoms with Crippen molar-refractivity contribution in [2.45, 2.75) is 25.9 Å². The van der Waals surface area contributed by atoms with E-state index in [1.54, 1.807) is 0 Å². The van der Waals surface area contributed by atoms with Gasteiger partial charge in [-0.2, -0.15) is 5.21 Å². The zero-order chi connectivity index (χ0) is 11.4. The van der Waals surface area contributed by atoms with Crippen LogP contribution < -0.4 is 5.32 Å². The molecule has 1 aromatic rings. The van der Waals surface area contributed by atoms with E-state index < -0.39 is 0 Å². The number of hydrogen-bond donors (Lipinski definition) is 2. The number of ether oxygens (including phenoxy) is 1. The molecule has 0 aromatic carbocycles. The molecule has 2 unspecified atom stereocenters. The highest BCUT2D eigenvalue weighted by Gasteiger charge is 2.27. The monoisotopic (exact) mass is 225 g/mol. The quantitative estimate of drug-likeness (QED) is 0.736. The van der Waals surface area contributed by atoms with Crippen LogP contribution in [-0.2, 0) is 4.74 Å². The fourth-order valence-corrected chi connectivity index (χ4v) is 1.94. The molecule has 1 aliphatic heterocycles. The molecular weight excluding hydrogens is 210 g/mol. The summed E-state index contributed by atoms with van der Waals surface area (Å²) in [5, 5.41) is 15.6. The Balaban J connectivity index is 1.81. The zero-order valence-electron chi connectivity index (χ0n) is 9.14. The number of hydrogen-bond acceptors (Lipinski definition) is 5. The maximum Gasteiger partial charge on any atom is 0.292 e. The third-order valence-corrected chi connectivity index (χ3v) is 2.82. The van der Waals surface area contributed by atoms with Crippen molar-refractivity contribution in [1.29, 1.82) is 0 Å². The van der Waals surface area contributed by atoms with Gasteiger partial charge in [-0.05, 0) is 18.1 Å². The van der Waals surface area contributed by atoms with E-state index in [1.165, 1.54) is 0 Å². The Morgan fingerprint density at radius 3 is 3.25 bits per heavy atom. The van der Waals surface area contributed by atoms with E-state index in [9.17, 15) is 4.79 Å². The van der Waals surface area contributed by atoms with Crippen LogP contribution in [0.25, 0.3) is 0 Å². The fourth-order valence-electron chi connectivity index (χ4n) is 1.94. The summed E-state index contributed by atoms with van der Waals surface area (Å²) in [4.78, 5) is 11.5. The minimum atomic E-state index is -0.296. The summed E-state index contributed by atoms with van der Waals surface area (Å²) in [6.07, 6.45) is 2.22. The summed E-state index contributed by atoms with van der Waals surface area (Å²) in [7, 11) is 0. The fraction of sp³-hybridized carbons (Fsp3) is 0.778. The molecule has 2 heterocycles. The molecule has 88 valence electrons. The average Bonchev–Trinajstić information content (AvgIpc) is 2.96. The number of tetrazole rings is 1. The van der Waals surface area contributed by atoms with Crippen molar-refractivity contribution in [2.24, 2.45) is 5.92 Å². The van der Waals surface area contributed by atoms with Crippen molar-refractivity contribution >= 4 is 5.91 Å². The van der Waals surface area contributed by atoms with Gasteiger partial charge < -0.3 is 10.1 Å². The molecule has 0 aliphatic carbocycles. The van der Waals surface area contributed by atoms with Gasteiger partial charge >= 0.3 is 0 Å². The molecular formula is C9H15N5O2. The van der Waals surface area contributed by atoms with Gasteiger partial charge in [-0.1, -0.05) is 6.92 Å². The first-order chi connectivity index (χ1) is 7.81. The first-order valence-corrected chi connectivity index (χ1v) is 5.44. The van der Waals surface area contributed by atoms with Crippen molar-refractivity contribution in [2.75, 3.05) is 13.2 Å². The van der Waals surface area contributed by atoms with Gasteiger partial charge in [-0.15, -0.1) is 10.2 Å². The molecule has 0 saturated carbocycles. The van der Waals surface area contributed by atoms with Crippen LogP contribution >= 0.6 is 0 Å². The number of nitrogens with one attached hydrogen (secondary N) is 2. The molecule has 2 N–H and O–H groups in total. The van der Waals surface area contributed by atoms with Gasteiger partial charge in [0.05, 0.1) is 6.10 Å². The Morgan fingerprint density at radius 1 is 1.69 bits per heavy atom. The van der Waals surface area contributed by atoms with Gasteiger partial charge in [0.2, 0.25) is 0 Å². The lowest BCUT2D eigenvalue weighted by Crippen LogP contribution is -2.33. The maximum atomic E-state index is 11.5. The molecule has 1 saturated heterocycles. The summed E-state index contributed by atoms with van der Waals surface area (Å²) in [6.45, 7) is 3.47. The van der Waals surface area contributed by atoms with E-state index in [0.717, 1.165) is 19.4 Å². The number of aromatic nitrogens is 4. The number of aromatic amines is 1. The van der Waals surface area contributed by atoms with Gasteiger partial charge in [0, 0.05) is 19.1 Å². The first-order valence-electron chi connectivity index (χ1n) is 5.44. The standard InChI is InChI=1S/C9H15N5O2/c1-2-7-6(3-4-16-7)5-10-9(15)8-11-13-14-12-8/h6-7H,2-5H2,1H3,(H,10,15)(H,11,12,13,14). The minimum Gasteiger partial charge on any atom is -0.378 e. The topological polar surface area (TPSA) is 92.8 Å². The highest BCUT2D eigenvalue weighted by Crippen LogP contribution is 2.22. The Morgan fingerprint density at radius 2 is 2.56 bits per heavy atom. The Labute approximate surface area is 92.9 Å². The third-order valence-electron chi connectivity index (χ3n) is 2.82. The number of carbonyl (C=O) groups excluding carboxylic acids is 1. The van der Waals surface area contributed by atoms with Crippen LogP contribution in [0.3, 0.4) is 0 Å². The van der Waals surface area contributed by atoms with Crippen LogP contribution in [0, 0.1) is 5.92 Å². The molecule has 1 aromatic heterocycles. The number of H-pyrrole nitrogens is 1. The van der Waals surface area contributed by atoms with Crippen LogP contribution in [0.1, 0.15) is 30.4 Å². The van der Waals surface area contributed by atoms with Crippen LogP contribution in [0.4, 0.5) is 0 Å². The van der Waals surface area contributed by atoms with Crippen molar-refractivity contribution < 1.29 is 9.53 Å². The van der Waals surface area contributed by atoms with Crippen molar-refractivity contribution in [1.82, 2.24) is 25.9 Å². The van der Waals surface area contributed by atoms with Gasteiger partial charge in [-0.25, -0.2) is 0 Å². The van der Waals surface area contributed by atoms with E-state index in [2.05, 4.69) is 32.9 Å². The van der Waals surface area contributed by atoms with Crippen LogP contribution in [-0.4, -0.2) is 45.8 Å². The van der Waals surface area contributed by atoms with Crippen LogP contribution in [0.5, 0.6) is 0 Å². The number of carbonyl (C=O) groups is 1. The third kappa shape index (κ3) is 2.35. The highest BCUT2D eigenvalue weighted by atomic mass is 16.5. The molecule has 7 heteroatoms. The maximum absolute atomic E-state index is 11.5. The molecule has 2 atom stereocenters. The molecule has 1 aliphatic rings. The number of nitrogens with zero attached hydrogens (tertiary/aromatic N) is 3. The summed E-state index contributed by atoms with van der Waals surface area (Å²) >= 11 is 0. The Kier molecular flexibility index (Phi) is 3.45. The summed E-state index contributed by atoms with van der Waals surface area (Å²) < 4.78 is 5.54. The predicted molar refractivity (Wildman–Crippen MR) is 54.6 cm³/mol. The average molecular weight is 225 g/mol. The second-order valence-corrected chi connectivity index (χ2v) is 3.81. The van der Waals surface area contributed by atoms with E-state index in [-0.39, 0.29) is 17.8 Å². The van der Waals surface area contributed by atoms with Crippen LogP contribution in [0.15, 0.2) is 0 Å². The predicted octanol–water partition coefficient (Wildman–Crippen LogP) is -0.255. The summed E-state index contributed by atoms with van der Waals surface area (Å²) in [6, 6.07) is 0. The van der Waals surface area contributed by atoms with Gasteiger partial charge in [0.15, 0.2) is 0 Å². The van der Waals surface area contributed by atoms with E-state index in [0.29, 0.717) is 12.5 Å². The summed E-state index contributed by atoms with van der Waals surface area (Å²) in [5.41, 5.74) is 0. The molecule has 0 bridgehead atoms. The second-order valence-electron chi connectivity index (χ2n) is 3.81. The lowest BCUT2D eigenvalue weighted by Gasteiger charge is -2.16. The molecule has 1 fully saturated rings. The lowest BCUT2D eigenvalue weighted by molar-refractivity contribution is 0.0823. The molecule has 0 radical (unpaired) electrons. The van der Waals surface area contributed by atoms with Gasteiger partial charge in [0.1, 0.15) is 0 Å².